The van der Waals surface area contributed by atoms with Gasteiger partial charge in [0.05, 0.1) is 11.5 Å². The summed E-state index contributed by atoms with van der Waals surface area (Å²) in [5.74, 6) is -0.165. The minimum atomic E-state index is -0.165. The normalized spacial score (nSPS) is 9.73. The predicted octanol–water partition coefficient (Wildman–Crippen LogP) is 1.77. The van der Waals surface area contributed by atoms with Gasteiger partial charge in [-0.05, 0) is 24.6 Å². The highest BCUT2D eigenvalue weighted by molar-refractivity contribution is 9.10. The molecule has 0 aliphatic heterocycles. The minimum absolute atomic E-state index is 0.165. The van der Waals surface area contributed by atoms with Crippen LogP contribution >= 0.6 is 28.1 Å². The van der Waals surface area contributed by atoms with E-state index < -0.39 is 0 Å². The van der Waals surface area contributed by atoms with Crippen LogP contribution < -0.4 is 11.1 Å². The van der Waals surface area contributed by atoms with Crippen molar-refractivity contribution in [2.75, 3.05) is 6.54 Å². The Morgan fingerprint density at radius 1 is 1.60 bits per heavy atom. The maximum Gasteiger partial charge on any atom is 0.251 e. The van der Waals surface area contributed by atoms with Gasteiger partial charge < -0.3 is 11.1 Å². The molecule has 0 aliphatic carbocycles. The molecule has 15 heavy (non-hydrogen) atoms. The molecule has 0 unspecified atom stereocenters. The standard InChI is InChI=1S/C10H11BrN2OS/c1-6-2-3-7(11)4-8(6)10(14)13-5-9(12)15/h2-4H,5H2,1H3,(H2,12,15)(H,13,14). The lowest BCUT2D eigenvalue weighted by atomic mass is 10.1. The number of carbonyl (C=O) groups is 1. The number of benzene rings is 1. The number of rotatable bonds is 3. The number of aryl methyl sites for hydroxylation is 1. The molecule has 1 aromatic carbocycles. The van der Waals surface area contributed by atoms with Gasteiger partial charge in [0.1, 0.15) is 0 Å². The van der Waals surface area contributed by atoms with E-state index in [1.165, 1.54) is 0 Å². The Morgan fingerprint density at radius 3 is 2.87 bits per heavy atom. The number of carbonyl (C=O) groups excluding carboxylic acids is 1. The zero-order valence-corrected chi connectivity index (χ0v) is 10.6. The first-order chi connectivity index (χ1) is 7.00. The van der Waals surface area contributed by atoms with Gasteiger partial charge in [0.25, 0.3) is 5.91 Å². The van der Waals surface area contributed by atoms with Gasteiger partial charge >= 0.3 is 0 Å². The number of nitrogens with one attached hydrogen (secondary N) is 1. The van der Waals surface area contributed by atoms with Crippen molar-refractivity contribution in [3.8, 4) is 0 Å². The molecule has 80 valence electrons. The molecule has 1 rings (SSSR count). The third-order valence-electron chi connectivity index (χ3n) is 1.87. The van der Waals surface area contributed by atoms with Crippen LogP contribution in [0.15, 0.2) is 22.7 Å². The first-order valence-corrected chi connectivity index (χ1v) is 5.53. The van der Waals surface area contributed by atoms with E-state index in [0.29, 0.717) is 5.56 Å². The van der Waals surface area contributed by atoms with E-state index in [1.807, 2.05) is 19.1 Å². The first kappa shape index (κ1) is 12.1. The van der Waals surface area contributed by atoms with E-state index in [0.717, 1.165) is 10.0 Å². The first-order valence-electron chi connectivity index (χ1n) is 4.33. The summed E-state index contributed by atoms with van der Waals surface area (Å²) in [7, 11) is 0. The van der Waals surface area contributed by atoms with Gasteiger partial charge in [0, 0.05) is 10.0 Å². The Hall–Kier alpha value is -0.940. The Balaban J connectivity index is 2.81. The van der Waals surface area contributed by atoms with Crippen molar-refractivity contribution in [3.05, 3.63) is 33.8 Å². The lowest BCUT2D eigenvalue weighted by Gasteiger charge is -2.07. The summed E-state index contributed by atoms with van der Waals surface area (Å²) >= 11 is 7.99. The van der Waals surface area contributed by atoms with Gasteiger partial charge in [0.2, 0.25) is 0 Å². The van der Waals surface area contributed by atoms with Crippen LogP contribution in [0.3, 0.4) is 0 Å². The smallest absolute Gasteiger partial charge is 0.251 e. The Kier molecular flexibility index (Phi) is 4.23. The van der Waals surface area contributed by atoms with Crippen LogP contribution in [0.5, 0.6) is 0 Å². The van der Waals surface area contributed by atoms with Gasteiger partial charge in [-0.2, -0.15) is 0 Å². The van der Waals surface area contributed by atoms with E-state index in [1.54, 1.807) is 6.07 Å². The van der Waals surface area contributed by atoms with Gasteiger partial charge in [-0.3, -0.25) is 4.79 Å². The summed E-state index contributed by atoms with van der Waals surface area (Å²) in [4.78, 5) is 11.9. The molecule has 3 N–H and O–H groups in total. The fraction of sp³-hybridized carbons (Fsp3) is 0.200. The molecule has 0 heterocycles. The summed E-state index contributed by atoms with van der Waals surface area (Å²) < 4.78 is 0.869. The molecule has 0 aromatic heterocycles. The summed E-state index contributed by atoms with van der Waals surface area (Å²) in [6, 6.07) is 5.53. The van der Waals surface area contributed by atoms with Crippen LogP contribution in [0.25, 0.3) is 0 Å². The topological polar surface area (TPSA) is 55.1 Å². The number of hydrogen-bond acceptors (Lipinski definition) is 2. The molecule has 0 saturated heterocycles. The van der Waals surface area contributed by atoms with Gasteiger partial charge in [-0.15, -0.1) is 0 Å². The second kappa shape index (κ2) is 5.23. The van der Waals surface area contributed by atoms with E-state index in [2.05, 4.69) is 33.5 Å². The summed E-state index contributed by atoms with van der Waals surface area (Å²) in [6.07, 6.45) is 0. The van der Waals surface area contributed by atoms with Crippen molar-refractivity contribution < 1.29 is 4.79 Å². The SMILES string of the molecule is Cc1ccc(Br)cc1C(=O)NCC(N)=S. The van der Waals surface area contributed by atoms with Crippen LogP contribution in [0.4, 0.5) is 0 Å². The molecule has 1 aromatic rings. The van der Waals surface area contributed by atoms with Gasteiger partial charge in [0.15, 0.2) is 0 Å². The van der Waals surface area contributed by atoms with E-state index >= 15 is 0 Å². The number of hydrogen-bond donors (Lipinski definition) is 2. The second-order valence-corrected chi connectivity index (χ2v) is 4.55. The Morgan fingerprint density at radius 2 is 2.27 bits per heavy atom. The zero-order valence-electron chi connectivity index (χ0n) is 8.21. The van der Waals surface area contributed by atoms with Crippen molar-refractivity contribution in [1.82, 2.24) is 5.32 Å². The zero-order chi connectivity index (χ0) is 11.4. The third kappa shape index (κ3) is 3.60. The van der Waals surface area contributed by atoms with Crippen LogP contribution in [0.1, 0.15) is 15.9 Å². The largest absolute Gasteiger partial charge is 0.392 e. The quantitative estimate of drug-likeness (QED) is 0.833. The van der Waals surface area contributed by atoms with Crippen LogP contribution in [-0.2, 0) is 0 Å². The number of amides is 1. The number of thiocarbonyl (C=S) groups is 1. The summed E-state index contributed by atoms with van der Waals surface area (Å²) in [5.41, 5.74) is 6.84. The molecule has 0 saturated carbocycles. The highest BCUT2D eigenvalue weighted by atomic mass is 79.9. The molecule has 0 atom stereocenters. The average molecular weight is 287 g/mol. The summed E-state index contributed by atoms with van der Waals surface area (Å²) in [5, 5.41) is 2.64. The fourth-order valence-electron chi connectivity index (χ4n) is 1.10. The van der Waals surface area contributed by atoms with E-state index in [-0.39, 0.29) is 17.4 Å². The number of halogens is 1. The molecule has 0 bridgehead atoms. The lowest BCUT2D eigenvalue weighted by Crippen LogP contribution is -2.32. The Bertz CT molecular complexity index is 406. The minimum Gasteiger partial charge on any atom is -0.392 e. The molecule has 0 radical (unpaired) electrons. The van der Waals surface area contributed by atoms with Crippen LogP contribution in [0, 0.1) is 6.92 Å². The maximum atomic E-state index is 11.7. The average Bonchev–Trinajstić information content (AvgIpc) is 2.18. The van der Waals surface area contributed by atoms with Gasteiger partial charge in [-0.1, -0.05) is 34.2 Å². The van der Waals surface area contributed by atoms with Crippen molar-refractivity contribution >= 4 is 39.0 Å². The van der Waals surface area contributed by atoms with E-state index in [9.17, 15) is 4.79 Å². The highest BCUT2D eigenvalue weighted by Gasteiger charge is 2.08. The molecular formula is C10H11BrN2OS. The van der Waals surface area contributed by atoms with Gasteiger partial charge in [-0.25, -0.2) is 0 Å². The van der Waals surface area contributed by atoms with Crippen LogP contribution in [0.2, 0.25) is 0 Å². The molecule has 0 spiro atoms. The van der Waals surface area contributed by atoms with Crippen molar-refractivity contribution in [3.63, 3.8) is 0 Å². The molecular weight excluding hydrogens is 276 g/mol. The third-order valence-corrected chi connectivity index (χ3v) is 2.51. The maximum absolute atomic E-state index is 11.7. The Labute approximate surface area is 102 Å². The second-order valence-electron chi connectivity index (χ2n) is 3.11. The number of nitrogens with two attached hydrogens (primary N) is 1. The predicted molar refractivity (Wildman–Crippen MR) is 68.0 cm³/mol. The monoisotopic (exact) mass is 286 g/mol. The van der Waals surface area contributed by atoms with Crippen LogP contribution in [-0.4, -0.2) is 17.4 Å². The molecule has 5 heteroatoms. The van der Waals surface area contributed by atoms with Crippen molar-refractivity contribution in [2.24, 2.45) is 5.73 Å². The summed E-state index contributed by atoms with van der Waals surface area (Å²) in [6.45, 7) is 2.10. The fourth-order valence-corrected chi connectivity index (χ4v) is 1.53. The highest BCUT2D eigenvalue weighted by Crippen LogP contribution is 2.15. The molecule has 1 amide bonds. The molecule has 0 fully saturated rings. The van der Waals surface area contributed by atoms with E-state index in [4.69, 9.17) is 5.73 Å². The lowest BCUT2D eigenvalue weighted by molar-refractivity contribution is 0.0958. The van der Waals surface area contributed by atoms with Crippen molar-refractivity contribution in [2.45, 2.75) is 6.92 Å². The molecule has 3 nitrogen and oxygen atoms in total. The van der Waals surface area contributed by atoms with Crippen molar-refractivity contribution in [1.29, 1.82) is 0 Å². The molecule has 0 aliphatic rings.